The lowest BCUT2D eigenvalue weighted by Gasteiger charge is -2.29. The van der Waals surface area contributed by atoms with Gasteiger partial charge in [-0.2, -0.15) is 0 Å². The number of benzene rings is 2. The molecule has 0 atom stereocenters. The molecular formula is C22H28N2O4S. The molecule has 0 unspecified atom stereocenters. The van der Waals surface area contributed by atoms with Crippen molar-refractivity contribution in [2.45, 2.75) is 43.5 Å². The highest BCUT2D eigenvalue weighted by atomic mass is 32.2. The van der Waals surface area contributed by atoms with Gasteiger partial charge in [-0.1, -0.05) is 25.1 Å². The van der Waals surface area contributed by atoms with Gasteiger partial charge in [-0.05, 0) is 68.0 Å². The highest BCUT2D eigenvalue weighted by Gasteiger charge is 2.28. The van der Waals surface area contributed by atoms with Crippen molar-refractivity contribution in [2.24, 2.45) is 5.92 Å². The third-order valence-corrected chi connectivity index (χ3v) is 7.15. The molecule has 1 N–H and O–H groups in total. The molecule has 1 amide bonds. The fourth-order valence-electron chi connectivity index (χ4n) is 3.59. The SMILES string of the molecule is COc1ccc(N(CC(=O)NC2CCC(C)CC2)S(=O)(=O)c2ccccc2)cc1. The fraction of sp³-hybridized carbons (Fsp3) is 0.409. The Labute approximate surface area is 172 Å². The number of carbonyl (C=O) groups excluding carboxylic acids is 1. The third-order valence-electron chi connectivity index (χ3n) is 5.36. The highest BCUT2D eigenvalue weighted by molar-refractivity contribution is 7.92. The summed E-state index contributed by atoms with van der Waals surface area (Å²) in [6.45, 7) is 1.95. The summed E-state index contributed by atoms with van der Waals surface area (Å²) >= 11 is 0. The van der Waals surface area contributed by atoms with E-state index in [4.69, 9.17) is 4.74 Å². The maximum absolute atomic E-state index is 13.3. The van der Waals surface area contributed by atoms with Crippen molar-refractivity contribution in [3.63, 3.8) is 0 Å². The van der Waals surface area contributed by atoms with Crippen molar-refractivity contribution in [2.75, 3.05) is 18.0 Å². The Hall–Kier alpha value is -2.54. The molecule has 0 radical (unpaired) electrons. The first kappa shape index (κ1) is 21.2. The summed E-state index contributed by atoms with van der Waals surface area (Å²) in [5.41, 5.74) is 0.419. The van der Waals surface area contributed by atoms with Gasteiger partial charge in [-0.15, -0.1) is 0 Å². The van der Waals surface area contributed by atoms with Crippen LogP contribution < -0.4 is 14.4 Å². The monoisotopic (exact) mass is 416 g/mol. The molecule has 0 spiro atoms. The standard InChI is InChI=1S/C22H28N2O4S/c1-17-8-10-18(11-9-17)23-22(25)16-24(19-12-14-20(28-2)15-13-19)29(26,27)21-6-4-3-5-7-21/h3-7,12-15,17-18H,8-11,16H2,1-2H3,(H,23,25). The summed E-state index contributed by atoms with van der Waals surface area (Å²) in [7, 11) is -2.34. The van der Waals surface area contributed by atoms with E-state index in [2.05, 4.69) is 12.2 Å². The minimum absolute atomic E-state index is 0.107. The number of hydrogen-bond donors (Lipinski definition) is 1. The van der Waals surface area contributed by atoms with Gasteiger partial charge in [-0.25, -0.2) is 8.42 Å². The van der Waals surface area contributed by atoms with Crippen molar-refractivity contribution in [3.05, 3.63) is 54.6 Å². The van der Waals surface area contributed by atoms with Crippen molar-refractivity contribution >= 4 is 21.6 Å². The van der Waals surface area contributed by atoms with Crippen LogP contribution >= 0.6 is 0 Å². The van der Waals surface area contributed by atoms with E-state index in [0.29, 0.717) is 17.4 Å². The maximum atomic E-state index is 13.3. The predicted molar refractivity (Wildman–Crippen MR) is 114 cm³/mol. The molecule has 1 aliphatic rings. The molecule has 29 heavy (non-hydrogen) atoms. The molecule has 0 heterocycles. The smallest absolute Gasteiger partial charge is 0.264 e. The Morgan fingerprint density at radius 1 is 1.03 bits per heavy atom. The molecule has 3 rings (SSSR count). The van der Waals surface area contributed by atoms with Gasteiger partial charge in [0.2, 0.25) is 5.91 Å². The lowest BCUT2D eigenvalue weighted by atomic mass is 9.87. The van der Waals surface area contributed by atoms with Gasteiger partial charge < -0.3 is 10.1 Å². The van der Waals surface area contributed by atoms with Crippen molar-refractivity contribution in [3.8, 4) is 5.75 Å². The van der Waals surface area contributed by atoms with E-state index in [9.17, 15) is 13.2 Å². The summed E-state index contributed by atoms with van der Waals surface area (Å²) in [5, 5.41) is 3.02. The number of methoxy groups -OCH3 is 1. The highest BCUT2D eigenvalue weighted by Crippen LogP contribution is 2.26. The second-order valence-electron chi connectivity index (χ2n) is 7.55. The van der Waals surface area contributed by atoms with Gasteiger partial charge >= 0.3 is 0 Å². The van der Waals surface area contributed by atoms with Crippen LogP contribution in [0.15, 0.2) is 59.5 Å². The van der Waals surface area contributed by atoms with E-state index in [1.165, 1.54) is 12.1 Å². The summed E-state index contributed by atoms with van der Waals surface area (Å²) < 4.78 is 32.9. The number of nitrogens with one attached hydrogen (secondary N) is 1. The predicted octanol–water partition coefficient (Wildman–Crippen LogP) is 3.59. The Morgan fingerprint density at radius 3 is 2.24 bits per heavy atom. The molecule has 1 fully saturated rings. The van der Waals surface area contributed by atoms with Gasteiger partial charge in [0, 0.05) is 6.04 Å². The van der Waals surface area contributed by atoms with E-state index in [-0.39, 0.29) is 23.4 Å². The zero-order chi connectivity index (χ0) is 20.9. The quantitative estimate of drug-likeness (QED) is 0.748. The van der Waals surface area contributed by atoms with E-state index in [1.54, 1.807) is 49.6 Å². The molecule has 0 aliphatic heterocycles. The van der Waals surface area contributed by atoms with Crippen LogP contribution in [0, 0.1) is 5.92 Å². The lowest BCUT2D eigenvalue weighted by Crippen LogP contribution is -2.45. The number of anilines is 1. The first-order valence-corrected chi connectivity index (χ1v) is 11.4. The Kier molecular flexibility index (Phi) is 6.79. The van der Waals surface area contributed by atoms with E-state index >= 15 is 0 Å². The number of ether oxygens (including phenoxy) is 1. The Bertz CT molecular complexity index is 906. The first-order chi connectivity index (χ1) is 13.9. The normalized spacial score (nSPS) is 19.4. The number of nitrogens with zero attached hydrogens (tertiary/aromatic N) is 1. The summed E-state index contributed by atoms with van der Waals surface area (Å²) in [6, 6.07) is 14.9. The Balaban J connectivity index is 1.83. The van der Waals surface area contributed by atoms with Crippen LogP contribution in [0.4, 0.5) is 5.69 Å². The van der Waals surface area contributed by atoms with Crippen LogP contribution in [0.2, 0.25) is 0 Å². The van der Waals surface area contributed by atoms with Crippen molar-refractivity contribution in [1.29, 1.82) is 0 Å². The van der Waals surface area contributed by atoms with Gasteiger partial charge in [0.25, 0.3) is 10.0 Å². The zero-order valence-corrected chi connectivity index (χ0v) is 17.7. The third kappa shape index (κ3) is 5.29. The van der Waals surface area contributed by atoms with Crippen LogP contribution in [0.5, 0.6) is 5.75 Å². The molecular weight excluding hydrogens is 388 g/mol. The second kappa shape index (κ2) is 9.31. The maximum Gasteiger partial charge on any atom is 0.264 e. The largest absolute Gasteiger partial charge is 0.497 e. The van der Waals surface area contributed by atoms with Gasteiger partial charge in [-0.3, -0.25) is 9.10 Å². The van der Waals surface area contributed by atoms with E-state index in [0.717, 1.165) is 30.0 Å². The van der Waals surface area contributed by atoms with Gasteiger partial charge in [0.15, 0.2) is 0 Å². The molecule has 0 saturated heterocycles. The van der Waals surface area contributed by atoms with Crippen molar-refractivity contribution in [1.82, 2.24) is 5.32 Å². The molecule has 1 aliphatic carbocycles. The van der Waals surface area contributed by atoms with Crippen molar-refractivity contribution < 1.29 is 17.9 Å². The Morgan fingerprint density at radius 2 is 1.66 bits per heavy atom. The van der Waals surface area contributed by atoms with E-state index < -0.39 is 10.0 Å². The van der Waals surface area contributed by atoms with E-state index in [1.807, 2.05) is 0 Å². The number of rotatable bonds is 7. The fourth-order valence-corrected chi connectivity index (χ4v) is 5.03. The average Bonchev–Trinajstić information content (AvgIpc) is 2.74. The van der Waals surface area contributed by atoms with Gasteiger partial charge in [0.05, 0.1) is 17.7 Å². The van der Waals surface area contributed by atoms with Crippen LogP contribution in [0.1, 0.15) is 32.6 Å². The number of hydrogen-bond acceptors (Lipinski definition) is 4. The molecule has 2 aromatic carbocycles. The van der Waals surface area contributed by atoms with Gasteiger partial charge in [0.1, 0.15) is 12.3 Å². The average molecular weight is 417 g/mol. The number of sulfonamides is 1. The molecule has 156 valence electrons. The lowest BCUT2D eigenvalue weighted by molar-refractivity contribution is -0.120. The molecule has 2 aromatic rings. The number of amides is 1. The van der Waals surface area contributed by atoms with Crippen LogP contribution in [0.25, 0.3) is 0 Å². The molecule has 1 saturated carbocycles. The second-order valence-corrected chi connectivity index (χ2v) is 9.41. The number of carbonyl (C=O) groups is 1. The zero-order valence-electron chi connectivity index (χ0n) is 16.9. The first-order valence-electron chi connectivity index (χ1n) is 9.91. The molecule has 0 bridgehead atoms. The van der Waals surface area contributed by atoms with Crippen LogP contribution in [-0.4, -0.2) is 34.0 Å². The van der Waals surface area contributed by atoms with Crippen LogP contribution in [0.3, 0.4) is 0 Å². The minimum Gasteiger partial charge on any atom is -0.497 e. The minimum atomic E-state index is -3.89. The molecule has 7 heteroatoms. The summed E-state index contributed by atoms with van der Waals surface area (Å²) in [6.07, 6.45) is 4.02. The van der Waals surface area contributed by atoms with Crippen LogP contribution in [-0.2, 0) is 14.8 Å². The topological polar surface area (TPSA) is 75.7 Å². The summed E-state index contributed by atoms with van der Waals surface area (Å²) in [5.74, 6) is 1.00. The summed E-state index contributed by atoms with van der Waals surface area (Å²) in [4.78, 5) is 12.9. The molecule has 0 aromatic heterocycles. The molecule has 6 nitrogen and oxygen atoms in total.